The fourth-order valence-corrected chi connectivity index (χ4v) is 2.26. The normalized spacial score (nSPS) is 14.9. The Hall–Kier alpha value is -0.830. The maximum Gasteiger partial charge on any atom is 0.234 e. The van der Waals surface area contributed by atoms with Gasteiger partial charge in [-0.3, -0.25) is 4.79 Å². The van der Waals surface area contributed by atoms with Crippen LogP contribution in [0.1, 0.15) is 39.7 Å². The summed E-state index contributed by atoms with van der Waals surface area (Å²) in [6, 6.07) is 10.0. The van der Waals surface area contributed by atoms with Crippen molar-refractivity contribution in [1.29, 1.82) is 0 Å². The van der Waals surface area contributed by atoms with E-state index in [-0.39, 0.29) is 16.3 Å². The first kappa shape index (κ1) is 15.2. The molecule has 2 unspecified atom stereocenters. The van der Waals surface area contributed by atoms with Crippen molar-refractivity contribution in [1.82, 2.24) is 5.32 Å². The molecule has 0 aliphatic carbocycles. The van der Waals surface area contributed by atoms with Gasteiger partial charge in [-0.25, -0.2) is 0 Å². The Balaban J connectivity index is 2.75. The van der Waals surface area contributed by atoms with Gasteiger partial charge in [0.25, 0.3) is 0 Å². The number of carbonyl (C=O) groups is 1. The average Bonchev–Trinajstić information content (AvgIpc) is 2.37. The molecule has 18 heavy (non-hydrogen) atoms. The molecule has 3 heteroatoms. The Labute approximate surface area is 118 Å². The lowest BCUT2D eigenvalue weighted by Gasteiger charge is -2.29. The van der Waals surface area contributed by atoms with Crippen LogP contribution in [0, 0.1) is 5.92 Å². The predicted octanol–water partition coefficient (Wildman–Crippen LogP) is 3.85. The van der Waals surface area contributed by atoms with Gasteiger partial charge in [0, 0.05) is 0 Å². The van der Waals surface area contributed by atoms with E-state index in [1.807, 2.05) is 44.2 Å². The zero-order chi connectivity index (χ0) is 13.8. The van der Waals surface area contributed by atoms with Gasteiger partial charge in [0.1, 0.15) is 0 Å². The van der Waals surface area contributed by atoms with E-state index in [4.69, 9.17) is 0 Å². The first-order chi connectivity index (χ1) is 8.38. The minimum atomic E-state index is -0.349. The Bertz CT molecular complexity index is 389. The standard InChI is InChI=1S/C15H22BrNO/c1-5-11(2)13(16)14(18)17-15(3,4)12-9-7-6-8-10-12/h6-11,13H,5H2,1-4H3,(H,17,18). The van der Waals surface area contributed by atoms with Crippen molar-refractivity contribution in [3.8, 4) is 0 Å². The molecule has 0 heterocycles. The topological polar surface area (TPSA) is 29.1 Å². The van der Waals surface area contributed by atoms with Crippen LogP contribution in [0.3, 0.4) is 0 Å². The van der Waals surface area contributed by atoms with Crippen LogP contribution in [0.4, 0.5) is 0 Å². The third kappa shape index (κ3) is 3.84. The first-order valence-electron chi connectivity index (χ1n) is 6.40. The molecule has 1 aromatic rings. The molecule has 1 amide bonds. The van der Waals surface area contributed by atoms with Gasteiger partial charge < -0.3 is 5.32 Å². The van der Waals surface area contributed by atoms with E-state index in [9.17, 15) is 4.79 Å². The number of hydrogen-bond acceptors (Lipinski definition) is 1. The van der Waals surface area contributed by atoms with Crippen LogP contribution < -0.4 is 5.32 Å². The Kier molecular flexibility index (Phi) is 5.39. The molecule has 0 aromatic heterocycles. The zero-order valence-electron chi connectivity index (χ0n) is 11.5. The minimum Gasteiger partial charge on any atom is -0.346 e. The quantitative estimate of drug-likeness (QED) is 0.822. The number of amides is 1. The molecular weight excluding hydrogens is 290 g/mol. The number of carbonyl (C=O) groups excluding carboxylic acids is 1. The first-order valence-corrected chi connectivity index (χ1v) is 7.31. The number of benzene rings is 1. The van der Waals surface area contributed by atoms with Crippen LogP contribution in [0.25, 0.3) is 0 Å². The van der Waals surface area contributed by atoms with E-state index in [1.54, 1.807) is 0 Å². The van der Waals surface area contributed by atoms with E-state index in [2.05, 4.69) is 35.1 Å². The van der Waals surface area contributed by atoms with Gasteiger partial charge in [0.05, 0.1) is 10.4 Å². The highest BCUT2D eigenvalue weighted by Crippen LogP contribution is 2.22. The summed E-state index contributed by atoms with van der Waals surface area (Å²) in [6.07, 6.45) is 0.981. The fraction of sp³-hybridized carbons (Fsp3) is 0.533. The monoisotopic (exact) mass is 311 g/mol. The molecule has 0 radical (unpaired) electrons. The molecule has 2 atom stereocenters. The molecule has 0 saturated heterocycles. The number of halogens is 1. The van der Waals surface area contributed by atoms with Crippen molar-refractivity contribution in [3.63, 3.8) is 0 Å². The van der Waals surface area contributed by atoms with E-state index >= 15 is 0 Å². The number of alkyl halides is 1. The minimum absolute atomic E-state index is 0.0539. The summed E-state index contributed by atoms with van der Waals surface area (Å²) < 4.78 is 0. The van der Waals surface area contributed by atoms with Gasteiger partial charge in [-0.05, 0) is 25.3 Å². The van der Waals surface area contributed by atoms with Gasteiger partial charge in [0.2, 0.25) is 5.91 Å². The van der Waals surface area contributed by atoms with Crippen LogP contribution in [0.15, 0.2) is 30.3 Å². The van der Waals surface area contributed by atoms with Crippen LogP contribution in [-0.4, -0.2) is 10.7 Å². The molecule has 0 bridgehead atoms. The largest absolute Gasteiger partial charge is 0.346 e. The summed E-state index contributed by atoms with van der Waals surface area (Å²) >= 11 is 3.48. The smallest absolute Gasteiger partial charge is 0.234 e. The third-order valence-electron chi connectivity index (χ3n) is 3.33. The SMILES string of the molecule is CCC(C)C(Br)C(=O)NC(C)(C)c1ccccc1. The van der Waals surface area contributed by atoms with Gasteiger partial charge >= 0.3 is 0 Å². The van der Waals surface area contributed by atoms with E-state index in [0.717, 1.165) is 12.0 Å². The molecule has 2 nitrogen and oxygen atoms in total. The summed E-state index contributed by atoms with van der Waals surface area (Å²) in [4.78, 5) is 12.0. The highest BCUT2D eigenvalue weighted by Gasteiger charge is 2.28. The van der Waals surface area contributed by atoms with Gasteiger partial charge in [-0.15, -0.1) is 0 Å². The molecule has 1 rings (SSSR count). The predicted molar refractivity (Wildman–Crippen MR) is 79.8 cm³/mol. The molecular formula is C15H22BrNO. The number of nitrogens with one attached hydrogen (secondary N) is 1. The van der Waals surface area contributed by atoms with Crippen LogP contribution in [-0.2, 0) is 10.3 Å². The second-order valence-electron chi connectivity index (χ2n) is 5.27. The zero-order valence-corrected chi connectivity index (χ0v) is 13.1. The number of rotatable bonds is 5. The lowest BCUT2D eigenvalue weighted by molar-refractivity contribution is -0.122. The Morgan fingerprint density at radius 1 is 1.33 bits per heavy atom. The van der Waals surface area contributed by atoms with Crippen molar-refractivity contribution in [2.24, 2.45) is 5.92 Å². The van der Waals surface area contributed by atoms with Crippen LogP contribution in [0.2, 0.25) is 0 Å². The molecule has 0 aliphatic heterocycles. The third-order valence-corrected chi connectivity index (χ3v) is 4.64. The summed E-state index contributed by atoms with van der Waals surface area (Å²) in [6.45, 7) is 8.22. The lowest BCUT2D eigenvalue weighted by Crippen LogP contribution is -2.45. The second kappa shape index (κ2) is 6.37. The summed E-state index contributed by atoms with van der Waals surface area (Å²) in [7, 11) is 0. The molecule has 0 fully saturated rings. The Morgan fingerprint density at radius 2 is 1.89 bits per heavy atom. The van der Waals surface area contributed by atoms with E-state index in [0.29, 0.717) is 5.92 Å². The van der Waals surface area contributed by atoms with Gasteiger partial charge in [-0.2, -0.15) is 0 Å². The maximum atomic E-state index is 12.2. The van der Waals surface area contributed by atoms with Crippen LogP contribution >= 0.6 is 15.9 Å². The van der Waals surface area contributed by atoms with Crippen molar-refractivity contribution in [3.05, 3.63) is 35.9 Å². The van der Waals surface area contributed by atoms with Crippen LogP contribution in [0.5, 0.6) is 0 Å². The fourth-order valence-electron chi connectivity index (χ4n) is 1.77. The lowest BCUT2D eigenvalue weighted by atomic mass is 9.93. The highest BCUT2D eigenvalue weighted by molar-refractivity contribution is 9.10. The number of hydrogen-bond donors (Lipinski definition) is 1. The molecule has 1 aromatic carbocycles. The van der Waals surface area contributed by atoms with Gasteiger partial charge in [-0.1, -0.05) is 66.5 Å². The molecule has 0 aliphatic rings. The van der Waals surface area contributed by atoms with Gasteiger partial charge in [0.15, 0.2) is 0 Å². The van der Waals surface area contributed by atoms with Crippen molar-refractivity contribution >= 4 is 21.8 Å². The van der Waals surface area contributed by atoms with E-state index in [1.165, 1.54) is 0 Å². The summed E-state index contributed by atoms with van der Waals surface area (Å²) in [5.41, 5.74) is 0.764. The van der Waals surface area contributed by atoms with Crippen molar-refractivity contribution < 1.29 is 4.79 Å². The molecule has 0 saturated carbocycles. The van der Waals surface area contributed by atoms with Crippen molar-refractivity contribution in [2.75, 3.05) is 0 Å². The molecule has 0 spiro atoms. The van der Waals surface area contributed by atoms with E-state index < -0.39 is 0 Å². The maximum absolute atomic E-state index is 12.2. The molecule has 1 N–H and O–H groups in total. The highest BCUT2D eigenvalue weighted by atomic mass is 79.9. The Morgan fingerprint density at radius 3 is 2.39 bits per heavy atom. The molecule has 100 valence electrons. The van der Waals surface area contributed by atoms with Crippen molar-refractivity contribution in [2.45, 2.75) is 44.5 Å². The summed E-state index contributed by atoms with van der Waals surface area (Å²) in [5.74, 6) is 0.384. The summed E-state index contributed by atoms with van der Waals surface area (Å²) in [5, 5.41) is 3.10. The average molecular weight is 312 g/mol. The second-order valence-corrected chi connectivity index (χ2v) is 6.25.